The highest BCUT2D eigenvalue weighted by Gasteiger charge is 2.33. The summed E-state index contributed by atoms with van der Waals surface area (Å²) in [7, 11) is 0. The van der Waals surface area contributed by atoms with Crippen LogP contribution in [0.1, 0.15) is 51.8 Å². The molecule has 1 amide bonds. The Bertz CT molecular complexity index is 1080. The second-order valence-electron chi connectivity index (χ2n) is 8.08. The van der Waals surface area contributed by atoms with Crippen LogP contribution in [0.3, 0.4) is 0 Å². The Morgan fingerprint density at radius 1 is 1.26 bits per heavy atom. The number of nitrogens with one attached hydrogen (secondary N) is 1. The van der Waals surface area contributed by atoms with E-state index in [4.69, 9.17) is 0 Å². The minimum absolute atomic E-state index is 0.0619. The van der Waals surface area contributed by atoms with Gasteiger partial charge in [0.15, 0.2) is 5.13 Å². The van der Waals surface area contributed by atoms with E-state index >= 15 is 0 Å². The van der Waals surface area contributed by atoms with Gasteiger partial charge in [0, 0.05) is 17.6 Å². The summed E-state index contributed by atoms with van der Waals surface area (Å²) in [6.07, 6.45) is 7.32. The van der Waals surface area contributed by atoms with Crippen molar-refractivity contribution in [2.24, 2.45) is 0 Å². The van der Waals surface area contributed by atoms with Gasteiger partial charge in [-0.15, -0.1) is 11.3 Å². The minimum atomic E-state index is -0.354. The maximum absolute atomic E-state index is 13.7. The first-order chi connectivity index (χ1) is 15.1. The van der Waals surface area contributed by atoms with Crippen LogP contribution in [-0.2, 0) is 11.3 Å². The zero-order chi connectivity index (χ0) is 21.8. The van der Waals surface area contributed by atoms with Crippen LogP contribution in [0.4, 0.5) is 5.13 Å². The number of hydrogen-bond donors (Lipinski definition) is 1. The van der Waals surface area contributed by atoms with Crippen molar-refractivity contribution in [3.8, 4) is 0 Å². The standard InChI is InChI=1S/C23H29N5O2S/c1-3-27(15-20-25-19-12-8-7-11-18(19)21(29)26-20)16(2)22(30)28(23-24-13-14-31-23)17-9-5-4-6-10-17/h7-8,11-14,16-17H,3-6,9-10,15H2,1-2H3,(H,25,26,29). The molecule has 1 N–H and O–H groups in total. The van der Waals surface area contributed by atoms with E-state index in [1.165, 1.54) is 17.8 Å². The first-order valence-electron chi connectivity index (χ1n) is 11.0. The molecule has 1 aliphatic rings. The summed E-state index contributed by atoms with van der Waals surface area (Å²) in [5, 5.41) is 3.27. The second-order valence-corrected chi connectivity index (χ2v) is 8.96. The zero-order valence-electron chi connectivity index (χ0n) is 18.1. The average molecular weight is 440 g/mol. The fraction of sp³-hybridized carbons (Fsp3) is 0.478. The number of nitrogens with zero attached hydrogens (tertiary/aromatic N) is 4. The smallest absolute Gasteiger partial charge is 0.258 e. The summed E-state index contributed by atoms with van der Waals surface area (Å²) < 4.78 is 0. The van der Waals surface area contributed by atoms with E-state index < -0.39 is 0 Å². The van der Waals surface area contributed by atoms with Gasteiger partial charge in [-0.05, 0) is 38.4 Å². The monoisotopic (exact) mass is 439 g/mol. The fourth-order valence-corrected chi connectivity index (χ4v) is 5.10. The highest BCUT2D eigenvalue weighted by Crippen LogP contribution is 2.30. The van der Waals surface area contributed by atoms with Crippen LogP contribution in [0, 0.1) is 0 Å². The Hall–Kier alpha value is -2.58. The molecule has 1 saturated carbocycles. The lowest BCUT2D eigenvalue weighted by molar-refractivity contribution is -0.124. The summed E-state index contributed by atoms with van der Waals surface area (Å²) in [6.45, 7) is 5.03. The van der Waals surface area contributed by atoms with Crippen molar-refractivity contribution in [2.75, 3.05) is 11.4 Å². The molecule has 0 radical (unpaired) electrons. The zero-order valence-corrected chi connectivity index (χ0v) is 18.9. The van der Waals surface area contributed by atoms with Crippen LogP contribution in [0.2, 0.25) is 0 Å². The van der Waals surface area contributed by atoms with E-state index in [2.05, 4.69) is 19.9 Å². The van der Waals surface area contributed by atoms with Gasteiger partial charge in [0.05, 0.1) is 23.5 Å². The third-order valence-corrected chi connectivity index (χ3v) is 6.90. The van der Waals surface area contributed by atoms with Crippen molar-refractivity contribution in [3.63, 3.8) is 0 Å². The second kappa shape index (κ2) is 9.70. The van der Waals surface area contributed by atoms with Crippen LogP contribution in [0.15, 0.2) is 40.6 Å². The third-order valence-electron chi connectivity index (χ3n) is 6.13. The fourth-order valence-electron chi connectivity index (χ4n) is 4.39. The van der Waals surface area contributed by atoms with Gasteiger partial charge in [0.25, 0.3) is 5.56 Å². The van der Waals surface area contributed by atoms with Crippen molar-refractivity contribution < 1.29 is 4.79 Å². The van der Waals surface area contributed by atoms with Crippen LogP contribution < -0.4 is 10.5 Å². The largest absolute Gasteiger partial charge is 0.309 e. The molecule has 2 heterocycles. The number of aromatic amines is 1. The topological polar surface area (TPSA) is 82.2 Å². The quantitative estimate of drug-likeness (QED) is 0.603. The van der Waals surface area contributed by atoms with E-state index in [1.807, 2.05) is 42.3 Å². The van der Waals surface area contributed by atoms with Gasteiger partial charge in [-0.2, -0.15) is 0 Å². The van der Waals surface area contributed by atoms with E-state index in [-0.39, 0.29) is 23.6 Å². The lowest BCUT2D eigenvalue weighted by atomic mass is 9.94. The minimum Gasteiger partial charge on any atom is -0.309 e. The molecular weight excluding hydrogens is 410 g/mol. The maximum Gasteiger partial charge on any atom is 0.258 e. The number of anilines is 1. The molecule has 1 aliphatic carbocycles. The first-order valence-corrected chi connectivity index (χ1v) is 11.9. The number of para-hydroxylation sites is 1. The Morgan fingerprint density at radius 3 is 2.74 bits per heavy atom. The van der Waals surface area contributed by atoms with Crippen molar-refractivity contribution in [2.45, 2.75) is 64.6 Å². The van der Waals surface area contributed by atoms with Crippen molar-refractivity contribution >= 4 is 33.3 Å². The number of likely N-dealkylation sites (N-methyl/N-ethyl adjacent to an activating group) is 1. The van der Waals surface area contributed by atoms with Gasteiger partial charge in [0.2, 0.25) is 5.91 Å². The molecule has 1 atom stereocenters. The molecule has 4 rings (SSSR count). The van der Waals surface area contributed by atoms with Crippen molar-refractivity contribution in [1.82, 2.24) is 19.9 Å². The van der Waals surface area contributed by atoms with Gasteiger partial charge < -0.3 is 4.98 Å². The third kappa shape index (κ3) is 4.70. The number of hydrogen-bond acceptors (Lipinski definition) is 6. The number of benzene rings is 1. The predicted molar refractivity (Wildman–Crippen MR) is 124 cm³/mol. The molecule has 7 nitrogen and oxygen atoms in total. The van der Waals surface area contributed by atoms with Gasteiger partial charge in [-0.3, -0.25) is 19.4 Å². The molecular formula is C23H29N5O2S. The highest BCUT2D eigenvalue weighted by atomic mass is 32.1. The first kappa shape index (κ1) is 21.6. The summed E-state index contributed by atoms with van der Waals surface area (Å²) in [5.41, 5.74) is 0.519. The number of carbonyl (C=O) groups is 1. The lowest BCUT2D eigenvalue weighted by Gasteiger charge is -2.36. The molecule has 164 valence electrons. The Balaban J connectivity index is 1.57. The summed E-state index contributed by atoms with van der Waals surface area (Å²) in [4.78, 5) is 42.1. The molecule has 2 aromatic heterocycles. The number of H-pyrrole nitrogens is 1. The molecule has 0 bridgehead atoms. The summed E-state index contributed by atoms with van der Waals surface area (Å²) in [5.74, 6) is 0.635. The van der Waals surface area contributed by atoms with E-state index in [0.29, 0.717) is 29.8 Å². The number of thiazole rings is 1. The van der Waals surface area contributed by atoms with Gasteiger partial charge in [-0.25, -0.2) is 9.97 Å². The molecule has 1 fully saturated rings. The van der Waals surface area contributed by atoms with Crippen LogP contribution in [0.25, 0.3) is 10.9 Å². The Labute approximate surface area is 186 Å². The van der Waals surface area contributed by atoms with E-state index in [9.17, 15) is 9.59 Å². The molecule has 31 heavy (non-hydrogen) atoms. The van der Waals surface area contributed by atoms with Crippen molar-refractivity contribution in [1.29, 1.82) is 0 Å². The number of carbonyl (C=O) groups excluding carboxylic acids is 1. The van der Waals surface area contributed by atoms with Gasteiger partial charge >= 0.3 is 0 Å². The molecule has 0 spiro atoms. The molecule has 8 heteroatoms. The maximum atomic E-state index is 13.7. The van der Waals surface area contributed by atoms with Crippen LogP contribution in [0.5, 0.6) is 0 Å². The molecule has 3 aromatic rings. The number of amides is 1. The van der Waals surface area contributed by atoms with E-state index in [1.54, 1.807) is 12.3 Å². The Morgan fingerprint density at radius 2 is 2.03 bits per heavy atom. The van der Waals surface area contributed by atoms with Gasteiger partial charge in [0.1, 0.15) is 5.82 Å². The van der Waals surface area contributed by atoms with Crippen LogP contribution >= 0.6 is 11.3 Å². The summed E-state index contributed by atoms with van der Waals surface area (Å²) >= 11 is 1.51. The number of aromatic nitrogens is 3. The SMILES string of the molecule is CCN(Cc1nc2ccccc2c(=O)[nH]1)C(C)C(=O)N(c1nccs1)C1CCCCC1. The van der Waals surface area contributed by atoms with E-state index in [0.717, 1.165) is 30.8 Å². The highest BCUT2D eigenvalue weighted by molar-refractivity contribution is 7.13. The lowest BCUT2D eigenvalue weighted by Crippen LogP contribution is -2.51. The average Bonchev–Trinajstić information content (AvgIpc) is 3.32. The predicted octanol–water partition coefficient (Wildman–Crippen LogP) is 3.96. The van der Waals surface area contributed by atoms with Crippen molar-refractivity contribution in [3.05, 3.63) is 52.0 Å². The van der Waals surface area contributed by atoms with Crippen LogP contribution in [-0.4, -0.2) is 44.4 Å². The molecule has 1 unspecified atom stereocenters. The summed E-state index contributed by atoms with van der Waals surface area (Å²) in [6, 6.07) is 7.16. The van der Waals surface area contributed by atoms with Gasteiger partial charge in [-0.1, -0.05) is 38.3 Å². The molecule has 0 aliphatic heterocycles. The number of fused-ring (bicyclic) bond motifs is 1. The Kier molecular flexibility index (Phi) is 6.77. The molecule has 1 aromatic carbocycles. The normalized spacial score (nSPS) is 16.0. The molecule has 0 saturated heterocycles. The number of rotatable bonds is 7.